The van der Waals surface area contributed by atoms with Gasteiger partial charge in [-0.15, -0.1) is 0 Å². The van der Waals surface area contributed by atoms with E-state index in [9.17, 15) is 4.79 Å². The molecule has 2 aromatic heterocycles. The van der Waals surface area contributed by atoms with Gasteiger partial charge in [-0.3, -0.25) is 9.48 Å². The molecule has 0 radical (unpaired) electrons. The van der Waals surface area contributed by atoms with Crippen molar-refractivity contribution in [2.75, 3.05) is 5.32 Å². The van der Waals surface area contributed by atoms with E-state index in [0.29, 0.717) is 12.6 Å². The van der Waals surface area contributed by atoms with Crippen LogP contribution in [0.3, 0.4) is 0 Å². The fourth-order valence-corrected chi connectivity index (χ4v) is 1.94. The Kier molecular flexibility index (Phi) is 3.41. The van der Waals surface area contributed by atoms with Crippen LogP contribution in [0.2, 0.25) is 0 Å². The minimum absolute atomic E-state index is 0.0197. The molecule has 0 aromatic carbocycles. The van der Waals surface area contributed by atoms with E-state index in [1.165, 1.54) is 0 Å². The first-order valence-corrected chi connectivity index (χ1v) is 6.72. The average Bonchev–Trinajstić information content (AvgIpc) is 2.95. The SMILES string of the molecule is Cn1ccnc1CNc1cnn(CC(=O)NC2CC2)c1. The molecular formula is C13H18N6O. The summed E-state index contributed by atoms with van der Waals surface area (Å²) in [6.45, 7) is 0.893. The maximum absolute atomic E-state index is 11.7. The molecule has 0 unspecified atom stereocenters. The fraction of sp³-hybridized carbons (Fsp3) is 0.462. The molecule has 1 aliphatic rings. The summed E-state index contributed by atoms with van der Waals surface area (Å²) < 4.78 is 3.60. The van der Waals surface area contributed by atoms with Crippen LogP contribution in [-0.2, 0) is 24.9 Å². The van der Waals surface area contributed by atoms with Crippen molar-refractivity contribution in [3.05, 3.63) is 30.6 Å². The van der Waals surface area contributed by atoms with Gasteiger partial charge in [0.05, 0.1) is 18.4 Å². The molecule has 1 saturated carbocycles. The van der Waals surface area contributed by atoms with E-state index in [1.54, 1.807) is 17.1 Å². The number of aromatic nitrogens is 4. The fourth-order valence-electron chi connectivity index (χ4n) is 1.94. The monoisotopic (exact) mass is 274 g/mol. The Balaban J connectivity index is 1.51. The van der Waals surface area contributed by atoms with Crippen molar-refractivity contribution >= 4 is 11.6 Å². The second kappa shape index (κ2) is 5.36. The summed E-state index contributed by atoms with van der Waals surface area (Å²) in [7, 11) is 1.95. The second-order valence-electron chi connectivity index (χ2n) is 5.08. The van der Waals surface area contributed by atoms with Crippen LogP contribution in [0.4, 0.5) is 5.69 Å². The molecule has 0 saturated heterocycles. The summed E-state index contributed by atoms with van der Waals surface area (Å²) in [6.07, 6.45) is 9.41. The first-order valence-electron chi connectivity index (χ1n) is 6.72. The minimum Gasteiger partial charge on any atom is -0.375 e. The third kappa shape index (κ3) is 3.17. The lowest BCUT2D eigenvalue weighted by atomic mass is 10.5. The Hall–Kier alpha value is -2.31. The predicted molar refractivity (Wildman–Crippen MR) is 73.9 cm³/mol. The zero-order valence-electron chi connectivity index (χ0n) is 11.4. The number of hydrogen-bond acceptors (Lipinski definition) is 4. The lowest BCUT2D eigenvalue weighted by Crippen LogP contribution is -2.29. The van der Waals surface area contributed by atoms with Crippen LogP contribution in [0.1, 0.15) is 18.7 Å². The van der Waals surface area contributed by atoms with E-state index in [4.69, 9.17) is 0 Å². The minimum atomic E-state index is 0.0197. The van der Waals surface area contributed by atoms with Gasteiger partial charge in [-0.1, -0.05) is 0 Å². The highest BCUT2D eigenvalue weighted by Gasteiger charge is 2.23. The van der Waals surface area contributed by atoms with Crippen molar-refractivity contribution in [3.63, 3.8) is 0 Å². The molecule has 0 aliphatic heterocycles. The molecule has 3 rings (SSSR count). The third-order valence-corrected chi connectivity index (χ3v) is 3.25. The number of nitrogens with zero attached hydrogens (tertiary/aromatic N) is 4. The molecule has 1 amide bonds. The molecule has 7 nitrogen and oxygen atoms in total. The molecule has 1 aliphatic carbocycles. The number of amides is 1. The van der Waals surface area contributed by atoms with Gasteiger partial charge in [0.2, 0.25) is 5.91 Å². The number of carbonyl (C=O) groups is 1. The van der Waals surface area contributed by atoms with E-state index >= 15 is 0 Å². The van der Waals surface area contributed by atoms with Crippen molar-refractivity contribution in [2.24, 2.45) is 7.05 Å². The van der Waals surface area contributed by atoms with Crippen molar-refractivity contribution in [3.8, 4) is 0 Å². The van der Waals surface area contributed by atoms with Crippen molar-refractivity contribution in [1.82, 2.24) is 24.6 Å². The highest BCUT2D eigenvalue weighted by molar-refractivity contribution is 5.76. The molecule has 2 N–H and O–H groups in total. The molecule has 1 fully saturated rings. The summed E-state index contributed by atoms with van der Waals surface area (Å²) in [5.74, 6) is 0.968. The Morgan fingerprint density at radius 2 is 2.35 bits per heavy atom. The first kappa shape index (κ1) is 12.7. The third-order valence-electron chi connectivity index (χ3n) is 3.25. The summed E-state index contributed by atoms with van der Waals surface area (Å²) in [5, 5.41) is 10.3. The topological polar surface area (TPSA) is 76.8 Å². The van der Waals surface area contributed by atoms with Crippen LogP contribution < -0.4 is 10.6 Å². The molecule has 0 bridgehead atoms. The quantitative estimate of drug-likeness (QED) is 0.804. The van der Waals surface area contributed by atoms with E-state index in [-0.39, 0.29) is 12.5 Å². The van der Waals surface area contributed by atoms with Crippen molar-refractivity contribution < 1.29 is 4.79 Å². The number of rotatable bonds is 6. The van der Waals surface area contributed by atoms with Crippen LogP contribution in [0.5, 0.6) is 0 Å². The van der Waals surface area contributed by atoms with Gasteiger partial charge >= 0.3 is 0 Å². The molecular weight excluding hydrogens is 256 g/mol. The maximum atomic E-state index is 11.7. The van der Waals surface area contributed by atoms with Crippen LogP contribution in [0, 0.1) is 0 Å². The lowest BCUT2D eigenvalue weighted by molar-refractivity contribution is -0.122. The second-order valence-corrected chi connectivity index (χ2v) is 5.08. The van der Waals surface area contributed by atoms with Crippen LogP contribution >= 0.6 is 0 Å². The number of imidazole rings is 1. The van der Waals surface area contributed by atoms with Gasteiger partial charge in [0, 0.05) is 31.7 Å². The molecule has 0 atom stereocenters. The van der Waals surface area contributed by atoms with E-state index in [0.717, 1.165) is 24.4 Å². The molecule has 7 heteroatoms. The maximum Gasteiger partial charge on any atom is 0.241 e. The van der Waals surface area contributed by atoms with Gasteiger partial charge in [0.25, 0.3) is 0 Å². The zero-order valence-corrected chi connectivity index (χ0v) is 11.4. The van der Waals surface area contributed by atoms with Gasteiger partial charge in [-0.25, -0.2) is 4.98 Å². The van der Waals surface area contributed by atoms with Crippen LogP contribution in [0.15, 0.2) is 24.8 Å². The summed E-state index contributed by atoms with van der Waals surface area (Å²) in [4.78, 5) is 15.9. The molecule has 106 valence electrons. The van der Waals surface area contributed by atoms with Gasteiger partial charge in [0.15, 0.2) is 0 Å². The average molecular weight is 274 g/mol. The Bertz CT molecular complexity index is 598. The molecule has 0 spiro atoms. The summed E-state index contributed by atoms with van der Waals surface area (Å²) in [5.41, 5.74) is 0.882. The zero-order chi connectivity index (χ0) is 13.9. The normalized spacial score (nSPS) is 14.2. The van der Waals surface area contributed by atoms with Crippen LogP contribution in [-0.4, -0.2) is 31.3 Å². The highest BCUT2D eigenvalue weighted by Crippen LogP contribution is 2.18. The lowest BCUT2D eigenvalue weighted by Gasteiger charge is -2.04. The smallest absolute Gasteiger partial charge is 0.241 e. The Morgan fingerprint density at radius 3 is 3.05 bits per heavy atom. The van der Waals surface area contributed by atoms with Crippen molar-refractivity contribution in [2.45, 2.75) is 32.0 Å². The number of aryl methyl sites for hydroxylation is 1. The number of hydrogen-bond donors (Lipinski definition) is 2. The molecule has 2 heterocycles. The summed E-state index contributed by atoms with van der Waals surface area (Å²) >= 11 is 0. The standard InChI is InChI=1S/C13H18N6O/c1-18-5-4-14-12(18)7-15-11-6-16-19(8-11)9-13(20)17-10-2-3-10/h4-6,8,10,15H,2-3,7,9H2,1H3,(H,17,20). The number of anilines is 1. The van der Waals surface area contributed by atoms with Gasteiger partial charge < -0.3 is 15.2 Å². The van der Waals surface area contributed by atoms with Gasteiger partial charge in [-0.05, 0) is 12.8 Å². The Labute approximate surface area is 117 Å². The van der Waals surface area contributed by atoms with Crippen LogP contribution in [0.25, 0.3) is 0 Å². The van der Waals surface area contributed by atoms with E-state index in [2.05, 4.69) is 20.7 Å². The van der Waals surface area contributed by atoms with E-state index < -0.39 is 0 Å². The van der Waals surface area contributed by atoms with Gasteiger partial charge in [-0.2, -0.15) is 5.10 Å². The first-order chi connectivity index (χ1) is 9.70. The summed E-state index contributed by atoms with van der Waals surface area (Å²) in [6, 6.07) is 0.388. The van der Waals surface area contributed by atoms with Crippen molar-refractivity contribution in [1.29, 1.82) is 0 Å². The number of nitrogens with one attached hydrogen (secondary N) is 2. The van der Waals surface area contributed by atoms with Gasteiger partial charge in [0.1, 0.15) is 12.4 Å². The molecule has 2 aromatic rings. The van der Waals surface area contributed by atoms with E-state index in [1.807, 2.05) is 24.0 Å². The highest BCUT2D eigenvalue weighted by atomic mass is 16.2. The largest absolute Gasteiger partial charge is 0.375 e. The number of carbonyl (C=O) groups excluding carboxylic acids is 1. The molecule has 20 heavy (non-hydrogen) atoms. The predicted octanol–water partition coefficient (Wildman–Crippen LogP) is 0.507. The Morgan fingerprint density at radius 1 is 1.50 bits per heavy atom.